The molecule has 96 valence electrons. The molecule has 0 heterocycles. The van der Waals surface area contributed by atoms with E-state index < -0.39 is 0 Å². The normalized spacial score (nSPS) is 17.1. The molecule has 3 nitrogen and oxygen atoms in total. The summed E-state index contributed by atoms with van der Waals surface area (Å²) in [6.07, 6.45) is 3.57. The van der Waals surface area contributed by atoms with Crippen molar-refractivity contribution in [3.8, 4) is 6.07 Å². The minimum Gasteiger partial charge on any atom is -0.382 e. The zero-order valence-electron chi connectivity index (χ0n) is 10.8. The van der Waals surface area contributed by atoms with Crippen molar-refractivity contribution in [2.24, 2.45) is 0 Å². The molecule has 18 heavy (non-hydrogen) atoms. The fraction of sp³-hybridized carbons (Fsp3) is 0.500. The molecule has 1 aromatic rings. The molecule has 1 fully saturated rings. The molecule has 0 bridgehead atoms. The van der Waals surface area contributed by atoms with Crippen LogP contribution in [-0.4, -0.2) is 31.1 Å². The third-order valence-corrected chi connectivity index (χ3v) is 3.94. The van der Waals surface area contributed by atoms with Crippen LogP contribution in [0, 0.1) is 17.1 Å². The number of nitrogens with zero attached hydrogens (tertiary/aromatic N) is 2. The number of anilines is 1. The fourth-order valence-corrected chi connectivity index (χ4v) is 2.39. The zero-order valence-corrected chi connectivity index (χ0v) is 10.8. The van der Waals surface area contributed by atoms with Crippen molar-refractivity contribution in [3.05, 3.63) is 29.6 Å². The van der Waals surface area contributed by atoms with E-state index >= 15 is 0 Å². The Bertz CT molecular complexity index is 472. The SMILES string of the molecule is CN(C)C1(CNc2ccc(F)cc2C#N)CCC1. The average Bonchev–Trinajstić information content (AvgIpc) is 2.28. The van der Waals surface area contributed by atoms with Crippen LogP contribution in [0.3, 0.4) is 0 Å². The molecule has 0 spiro atoms. The monoisotopic (exact) mass is 247 g/mol. The highest BCUT2D eigenvalue weighted by Crippen LogP contribution is 2.36. The summed E-state index contributed by atoms with van der Waals surface area (Å²) in [7, 11) is 4.16. The molecule has 1 aliphatic carbocycles. The predicted molar refractivity (Wildman–Crippen MR) is 69.9 cm³/mol. The number of halogens is 1. The Morgan fingerprint density at radius 2 is 2.17 bits per heavy atom. The maximum absolute atomic E-state index is 13.0. The largest absolute Gasteiger partial charge is 0.382 e. The van der Waals surface area contributed by atoms with E-state index in [1.165, 1.54) is 18.6 Å². The second-order valence-electron chi connectivity index (χ2n) is 5.13. The maximum Gasteiger partial charge on any atom is 0.124 e. The highest BCUT2D eigenvalue weighted by molar-refractivity contribution is 5.57. The second kappa shape index (κ2) is 4.95. The van der Waals surface area contributed by atoms with Gasteiger partial charge in [0.15, 0.2) is 0 Å². The van der Waals surface area contributed by atoms with Gasteiger partial charge in [0.2, 0.25) is 0 Å². The lowest BCUT2D eigenvalue weighted by Crippen LogP contribution is -2.54. The lowest BCUT2D eigenvalue weighted by atomic mass is 9.75. The van der Waals surface area contributed by atoms with Crippen molar-refractivity contribution in [2.45, 2.75) is 24.8 Å². The number of hydrogen-bond acceptors (Lipinski definition) is 3. The van der Waals surface area contributed by atoms with Crippen molar-refractivity contribution in [1.29, 1.82) is 5.26 Å². The van der Waals surface area contributed by atoms with E-state index in [-0.39, 0.29) is 11.4 Å². The number of nitrogens with one attached hydrogen (secondary N) is 1. The molecule has 0 unspecified atom stereocenters. The first-order valence-corrected chi connectivity index (χ1v) is 6.18. The standard InChI is InChI=1S/C14H18FN3/c1-18(2)14(6-3-7-14)10-17-13-5-4-12(15)8-11(13)9-16/h4-5,8,17H,3,6-7,10H2,1-2H3. The minimum atomic E-state index is -0.372. The van der Waals surface area contributed by atoms with Crippen molar-refractivity contribution < 1.29 is 4.39 Å². The Balaban J connectivity index is 2.09. The molecule has 1 aliphatic rings. The molecule has 1 saturated carbocycles. The quantitative estimate of drug-likeness (QED) is 0.889. The van der Waals surface area contributed by atoms with E-state index in [1.54, 1.807) is 6.07 Å². The molecule has 0 amide bonds. The summed E-state index contributed by atoms with van der Waals surface area (Å²) in [6.45, 7) is 0.792. The fourth-order valence-electron chi connectivity index (χ4n) is 2.39. The van der Waals surface area contributed by atoms with Crippen LogP contribution < -0.4 is 5.32 Å². The molecule has 0 radical (unpaired) electrons. The van der Waals surface area contributed by atoms with Gasteiger partial charge >= 0.3 is 0 Å². The maximum atomic E-state index is 13.0. The smallest absolute Gasteiger partial charge is 0.124 e. The average molecular weight is 247 g/mol. The van der Waals surface area contributed by atoms with Crippen LogP contribution in [0.2, 0.25) is 0 Å². The van der Waals surface area contributed by atoms with Crippen molar-refractivity contribution >= 4 is 5.69 Å². The summed E-state index contributed by atoms with van der Waals surface area (Å²) >= 11 is 0. The van der Waals surface area contributed by atoms with E-state index in [4.69, 9.17) is 5.26 Å². The van der Waals surface area contributed by atoms with E-state index in [2.05, 4.69) is 24.3 Å². The Hall–Kier alpha value is -1.60. The Kier molecular flexibility index (Phi) is 3.53. The van der Waals surface area contributed by atoms with E-state index in [1.807, 2.05) is 6.07 Å². The number of nitriles is 1. The molecule has 1 aromatic carbocycles. The number of rotatable bonds is 4. The first kappa shape index (κ1) is 12.8. The number of benzene rings is 1. The van der Waals surface area contributed by atoms with Gasteiger partial charge in [-0.1, -0.05) is 0 Å². The van der Waals surface area contributed by atoms with Crippen LogP contribution in [0.5, 0.6) is 0 Å². The van der Waals surface area contributed by atoms with Gasteiger partial charge in [-0.05, 0) is 51.6 Å². The predicted octanol–water partition coefficient (Wildman–Crippen LogP) is 2.59. The molecule has 0 aliphatic heterocycles. The highest BCUT2D eigenvalue weighted by Gasteiger charge is 2.38. The first-order chi connectivity index (χ1) is 8.57. The Morgan fingerprint density at radius 3 is 2.67 bits per heavy atom. The molecule has 2 rings (SSSR count). The van der Waals surface area contributed by atoms with Crippen molar-refractivity contribution in [3.63, 3.8) is 0 Å². The molecule has 0 saturated heterocycles. The minimum absolute atomic E-state index is 0.182. The van der Waals surface area contributed by atoms with Crippen molar-refractivity contribution in [2.75, 3.05) is 26.0 Å². The van der Waals surface area contributed by atoms with Crippen LogP contribution in [0.15, 0.2) is 18.2 Å². The molecule has 4 heteroatoms. The third kappa shape index (κ3) is 2.32. The van der Waals surface area contributed by atoms with E-state index in [0.29, 0.717) is 11.3 Å². The highest BCUT2D eigenvalue weighted by atomic mass is 19.1. The molecular weight excluding hydrogens is 229 g/mol. The summed E-state index contributed by atoms with van der Waals surface area (Å²) in [6, 6.07) is 6.31. The van der Waals surface area contributed by atoms with Crippen LogP contribution in [0.25, 0.3) is 0 Å². The van der Waals surface area contributed by atoms with Crippen molar-refractivity contribution in [1.82, 2.24) is 4.90 Å². The molecule has 1 N–H and O–H groups in total. The lowest BCUT2D eigenvalue weighted by Gasteiger charge is -2.47. The molecule has 0 atom stereocenters. The topological polar surface area (TPSA) is 39.1 Å². The summed E-state index contributed by atoms with van der Waals surface area (Å²) in [5, 5.41) is 12.3. The summed E-state index contributed by atoms with van der Waals surface area (Å²) in [5.41, 5.74) is 1.26. The van der Waals surface area contributed by atoms with E-state index in [0.717, 1.165) is 19.4 Å². The van der Waals surface area contributed by atoms with Gasteiger partial charge in [-0.2, -0.15) is 5.26 Å². The summed E-state index contributed by atoms with van der Waals surface area (Å²) in [5.74, 6) is -0.372. The second-order valence-corrected chi connectivity index (χ2v) is 5.13. The Labute approximate surface area is 107 Å². The molecular formula is C14H18FN3. The van der Waals surface area contributed by atoms with Gasteiger partial charge in [0.05, 0.1) is 11.3 Å². The number of hydrogen-bond donors (Lipinski definition) is 1. The van der Waals surface area contributed by atoms with Gasteiger partial charge in [-0.25, -0.2) is 4.39 Å². The lowest BCUT2D eigenvalue weighted by molar-refractivity contribution is 0.0739. The van der Waals surface area contributed by atoms with Crippen LogP contribution >= 0.6 is 0 Å². The van der Waals surface area contributed by atoms with Gasteiger partial charge < -0.3 is 10.2 Å². The van der Waals surface area contributed by atoms with Gasteiger partial charge in [0.1, 0.15) is 11.9 Å². The summed E-state index contributed by atoms with van der Waals surface area (Å²) in [4.78, 5) is 2.24. The van der Waals surface area contributed by atoms with Gasteiger partial charge in [-0.15, -0.1) is 0 Å². The summed E-state index contributed by atoms with van der Waals surface area (Å²) < 4.78 is 13.0. The van der Waals surface area contributed by atoms with Gasteiger partial charge in [0.25, 0.3) is 0 Å². The van der Waals surface area contributed by atoms with Gasteiger partial charge in [-0.3, -0.25) is 0 Å². The van der Waals surface area contributed by atoms with Crippen LogP contribution in [0.4, 0.5) is 10.1 Å². The van der Waals surface area contributed by atoms with Crippen LogP contribution in [-0.2, 0) is 0 Å². The Morgan fingerprint density at radius 1 is 1.44 bits per heavy atom. The van der Waals surface area contributed by atoms with Gasteiger partial charge in [0, 0.05) is 12.1 Å². The van der Waals surface area contributed by atoms with E-state index in [9.17, 15) is 4.39 Å². The molecule has 0 aromatic heterocycles. The third-order valence-electron chi connectivity index (χ3n) is 3.94. The first-order valence-electron chi connectivity index (χ1n) is 6.18. The van der Waals surface area contributed by atoms with Crippen LogP contribution in [0.1, 0.15) is 24.8 Å². The number of likely N-dealkylation sites (N-methyl/N-ethyl adjacent to an activating group) is 1. The zero-order chi connectivity index (χ0) is 13.2.